The summed E-state index contributed by atoms with van der Waals surface area (Å²) in [5.74, 6) is 0. The number of rotatable bonds is 5. The Morgan fingerprint density at radius 3 is 2.00 bits per heavy atom. The summed E-state index contributed by atoms with van der Waals surface area (Å²) in [6.45, 7) is 5.08. The van der Waals surface area contributed by atoms with E-state index in [0.29, 0.717) is 13.0 Å². The molecule has 86 valence electrons. The summed E-state index contributed by atoms with van der Waals surface area (Å²) in [5, 5.41) is 0. The molecule has 0 saturated heterocycles. The summed E-state index contributed by atoms with van der Waals surface area (Å²) in [5.41, 5.74) is 4.86. The Kier molecular flexibility index (Phi) is 4.88. The van der Waals surface area contributed by atoms with Crippen molar-refractivity contribution in [3.05, 3.63) is 0 Å². The van der Waals surface area contributed by atoms with E-state index in [-0.39, 0.29) is 6.54 Å². The monoisotopic (exact) mass is 212 g/mol. The van der Waals surface area contributed by atoms with Gasteiger partial charge in [-0.15, -0.1) is 0 Å². The van der Waals surface area contributed by atoms with Crippen LogP contribution in [0.1, 0.15) is 27.2 Å². The van der Waals surface area contributed by atoms with Crippen molar-refractivity contribution in [2.24, 2.45) is 5.73 Å². The van der Waals surface area contributed by atoms with Gasteiger partial charge in [0, 0.05) is 12.1 Å². The van der Waals surface area contributed by atoms with Crippen molar-refractivity contribution in [2.75, 3.05) is 19.6 Å². The first-order valence-corrected chi connectivity index (χ1v) is 4.75. The average molecular weight is 212 g/mol. The summed E-state index contributed by atoms with van der Waals surface area (Å²) in [6.07, 6.45) is -3.46. The Hall–Kier alpha value is -0.290. The number of hydrogen-bond donors (Lipinski definition) is 1. The SMILES string of the molecule is CCCN(CC(F)(F)F)C(C)(C)CN. The van der Waals surface area contributed by atoms with E-state index < -0.39 is 18.3 Å². The number of nitrogens with two attached hydrogens (primary N) is 1. The zero-order chi connectivity index (χ0) is 11.4. The molecule has 0 bridgehead atoms. The second-order valence-corrected chi connectivity index (χ2v) is 4.05. The predicted molar refractivity (Wildman–Crippen MR) is 51.1 cm³/mol. The van der Waals surface area contributed by atoms with E-state index in [9.17, 15) is 13.2 Å². The van der Waals surface area contributed by atoms with Crippen LogP contribution in [-0.2, 0) is 0 Å². The highest BCUT2D eigenvalue weighted by Gasteiger charge is 2.36. The number of halogens is 3. The Bertz CT molecular complexity index is 166. The lowest BCUT2D eigenvalue weighted by atomic mass is 10.0. The van der Waals surface area contributed by atoms with Gasteiger partial charge < -0.3 is 5.73 Å². The zero-order valence-electron chi connectivity index (χ0n) is 8.99. The van der Waals surface area contributed by atoms with E-state index in [0.717, 1.165) is 0 Å². The molecule has 0 heterocycles. The molecule has 0 amide bonds. The Balaban J connectivity index is 4.44. The summed E-state index contributed by atoms with van der Waals surface area (Å²) in [7, 11) is 0. The second kappa shape index (κ2) is 4.98. The first-order chi connectivity index (χ1) is 6.23. The summed E-state index contributed by atoms with van der Waals surface area (Å²) < 4.78 is 36.6. The van der Waals surface area contributed by atoms with E-state index in [1.807, 2.05) is 6.92 Å². The van der Waals surface area contributed by atoms with Gasteiger partial charge in [-0.2, -0.15) is 13.2 Å². The standard InChI is InChI=1S/C9H19F3N2/c1-4-5-14(7-9(10,11)12)8(2,3)6-13/h4-7,13H2,1-3H3. The molecule has 0 unspecified atom stereocenters. The molecule has 0 aliphatic heterocycles. The first-order valence-electron chi connectivity index (χ1n) is 4.75. The molecule has 0 rings (SSSR count). The summed E-state index contributed by atoms with van der Waals surface area (Å²) in [4.78, 5) is 1.38. The summed E-state index contributed by atoms with van der Waals surface area (Å²) in [6, 6.07) is 0. The van der Waals surface area contributed by atoms with Gasteiger partial charge in [0.1, 0.15) is 0 Å². The van der Waals surface area contributed by atoms with Crippen molar-refractivity contribution in [3.8, 4) is 0 Å². The van der Waals surface area contributed by atoms with Gasteiger partial charge in [-0.1, -0.05) is 6.92 Å². The van der Waals surface area contributed by atoms with Gasteiger partial charge in [-0.3, -0.25) is 4.90 Å². The smallest absolute Gasteiger partial charge is 0.329 e. The van der Waals surface area contributed by atoms with E-state index in [4.69, 9.17) is 5.73 Å². The fourth-order valence-electron chi connectivity index (χ4n) is 1.21. The quantitative estimate of drug-likeness (QED) is 0.755. The fraction of sp³-hybridized carbons (Fsp3) is 1.00. The lowest BCUT2D eigenvalue weighted by Gasteiger charge is -2.38. The third-order valence-electron chi connectivity index (χ3n) is 2.22. The van der Waals surface area contributed by atoms with E-state index in [1.54, 1.807) is 13.8 Å². The van der Waals surface area contributed by atoms with Crippen LogP contribution in [-0.4, -0.2) is 36.2 Å². The largest absolute Gasteiger partial charge is 0.401 e. The molecule has 0 aromatic carbocycles. The van der Waals surface area contributed by atoms with E-state index in [1.165, 1.54) is 4.90 Å². The predicted octanol–water partition coefficient (Wildman–Crippen LogP) is 2.00. The number of nitrogens with zero attached hydrogens (tertiary/aromatic N) is 1. The van der Waals surface area contributed by atoms with Crippen LogP contribution in [0.4, 0.5) is 13.2 Å². The molecular weight excluding hydrogens is 193 g/mol. The maximum atomic E-state index is 12.2. The van der Waals surface area contributed by atoms with E-state index in [2.05, 4.69) is 0 Å². The normalized spacial score (nSPS) is 13.7. The van der Waals surface area contributed by atoms with Crippen molar-refractivity contribution < 1.29 is 13.2 Å². The van der Waals surface area contributed by atoms with Crippen LogP contribution < -0.4 is 5.73 Å². The molecule has 0 aliphatic carbocycles. The lowest BCUT2D eigenvalue weighted by molar-refractivity contribution is -0.156. The van der Waals surface area contributed by atoms with Crippen molar-refractivity contribution in [1.29, 1.82) is 0 Å². The van der Waals surface area contributed by atoms with Crippen LogP contribution in [0.2, 0.25) is 0 Å². The Labute approximate surface area is 83.3 Å². The second-order valence-electron chi connectivity index (χ2n) is 4.05. The fourth-order valence-corrected chi connectivity index (χ4v) is 1.21. The minimum absolute atomic E-state index is 0.225. The molecular formula is C9H19F3N2. The molecule has 0 fully saturated rings. The van der Waals surface area contributed by atoms with Gasteiger partial charge >= 0.3 is 6.18 Å². The van der Waals surface area contributed by atoms with Crippen molar-refractivity contribution >= 4 is 0 Å². The van der Waals surface area contributed by atoms with Crippen molar-refractivity contribution in [1.82, 2.24) is 4.90 Å². The lowest BCUT2D eigenvalue weighted by Crippen LogP contribution is -2.52. The van der Waals surface area contributed by atoms with Crippen LogP contribution in [0.3, 0.4) is 0 Å². The molecule has 0 aliphatic rings. The molecule has 14 heavy (non-hydrogen) atoms. The number of hydrogen-bond acceptors (Lipinski definition) is 2. The highest BCUT2D eigenvalue weighted by atomic mass is 19.4. The molecule has 2 nitrogen and oxygen atoms in total. The molecule has 0 aromatic heterocycles. The molecule has 5 heteroatoms. The van der Waals surface area contributed by atoms with Gasteiger partial charge in [0.25, 0.3) is 0 Å². The Morgan fingerprint density at radius 1 is 1.21 bits per heavy atom. The molecule has 2 N–H and O–H groups in total. The van der Waals surface area contributed by atoms with Crippen molar-refractivity contribution in [3.63, 3.8) is 0 Å². The maximum absolute atomic E-state index is 12.2. The molecule has 0 saturated carbocycles. The average Bonchev–Trinajstić information content (AvgIpc) is 2.01. The minimum Gasteiger partial charge on any atom is -0.329 e. The third kappa shape index (κ3) is 4.81. The van der Waals surface area contributed by atoms with Gasteiger partial charge in [0.2, 0.25) is 0 Å². The van der Waals surface area contributed by atoms with Gasteiger partial charge in [-0.05, 0) is 26.8 Å². The molecule has 0 radical (unpaired) electrons. The van der Waals surface area contributed by atoms with Crippen LogP contribution in [0.25, 0.3) is 0 Å². The zero-order valence-corrected chi connectivity index (χ0v) is 8.99. The van der Waals surface area contributed by atoms with Crippen molar-refractivity contribution in [2.45, 2.75) is 38.9 Å². The minimum atomic E-state index is -4.15. The van der Waals surface area contributed by atoms with Gasteiger partial charge in [0.05, 0.1) is 6.54 Å². The van der Waals surface area contributed by atoms with E-state index >= 15 is 0 Å². The topological polar surface area (TPSA) is 29.3 Å². The first kappa shape index (κ1) is 13.7. The van der Waals surface area contributed by atoms with Crippen LogP contribution in [0.15, 0.2) is 0 Å². The van der Waals surface area contributed by atoms with Crippen LogP contribution in [0, 0.1) is 0 Å². The Morgan fingerprint density at radius 2 is 1.71 bits per heavy atom. The highest BCUT2D eigenvalue weighted by Crippen LogP contribution is 2.22. The maximum Gasteiger partial charge on any atom is 0.401 e. The molecule has 0 spiro atoms. The van der Waals surface area contributed by atoms with Gasteiger partial charge in [-0.25, -0.2) is 0 Å². The van der Waals surface area contributed by atoms with Gasteiger partial charge in [0.15, 0.2) is 0 Å². The summed E-state index contributed by atoms with van der Waals surface area (Å²) >= 11 is 0. The molecule has 0 aromatic rings. The number of alkyl halides is 3. The van der Waals surface area contributed by atoms with Crippen LogP contribution >= 0.6 is 0 Å². The highest BCUT2D eigenvalue weighted by molar-refractivity contribution is 4.83. The third-order valence-corrected chi connectivity index (χ3v) is 2.22. The van der Waals surface area contributed by atoms with Crippen LogP contribution in [0.5, 0.6) is 0 Å². The molecule has 0 atom stereocenters.